The molecule has 4 nitrogen and oxygen atoms in total. The summed E-state index contributed by atoms with van der Waals surface area (Å²) >= 11 is 1.48. The van der Waals surface area contributed by atoms with E-state index < -0.39 is 0 Å². The molecule has 0 saturated carbocycles. The first-order valence-electron chi connectivity index (χ1n) is 7.67. The van der Waals surface area contributed by atoms with E-state index in [9.17, 15) is 14.0 Å². The van der Waals surface area contributed by atoms with Crippen molar-refractivity contribution in [2.75, 3.05) is 11.9 Å². The molecule has 0 bridgehead atoms. The molecule has 1 unspecified atom stereocenters. The quantitative estimate of drug-likeness (QED) is 0.895. The van der Waals surface area contributed by atoms with Crippen molar-refractivity contribution in [3.63, 3.8) is 0 Å². The molecule has 6 heteroatoms. The van der Waals surface area contributed by atoms with Gasteiger partial charge in [0.25, 0.3) is 5.91 Å². The molecule has 2 N–H and O–H groups in total. The Morgan fingerprint density at radius 1 is 1.25 bits per heavy atom. The summed E-state index contributed by atoms with van der Waals surface area (Å²) < 4.78 is 12.8. The largest absolute Gasteiger partial charge is 0.352 e. The van der Waals surface area contributed by atoms with Crippen LogP contribution in [0, 0.1) is 5.82 Å². The van der Waals surface area contributed by atoms with Crippen LogP contribution in [-0.2, 0) is 11.2 Å². The molecule has 24 heavy (non-hydrogen) atoms. The standard InChI is InChI=1S/C18H17FN2O2S/c1-11-17(22)21-15-10-13(4-7-16(15)24-11)18(23)20-9-8-12-2-5-14(19)6-3-12/h2-7,10-11H,8-9H2,1H3,(H,20,23)(H,21,22). The Balaban J connectivity index is 1.60. The maximum Gasteiger partial charge on any atom is 0.251 e. The van der Waals surface area contributed by atoms with Crippen molar-refractivity contribution in [1.82, 2.24) is 5.32 Å². The van der Waals surface area contributed by atoms with Crippen LogP contribution in [0.5, 0.6) is 0 Å². The van der Waals surface area contributed by atoms with Crippen LogP contribution in [0.1, 0.15) is 22.8 Å². The van der Waals surface area contributed by atoms with E-state index in [1.54, 1.807) is 24.3 Å². The number of nitrogens with one attached hydrogen (secondary N) is 2. The Morgan fingerprint density at radius 2 is 2.00 bits per heavy atom. The van der Waals surface area contributed by atoms with Gasteiger partial charge in [-0.1, -0.05) is 12.1 Å². The van der Waals surface area contributed by atoms with E-state index in [1.807, 2.05) is 13.0 Å². The minimum absolute atomic E-state index is 0.0543. The van der Waals surface area contributed by atoms with Crippen LogP contribution in [0.25, 0.3) is 0 Å². The number of amides is 2. The molecule has 1 aliphatic rings. The van der Waals surface area contributed by atoms with Crippen LogP contribution in [-0.4, -0.2) is 23.6 Å². The van der Waals surface area contributed by atoms with Gasteiger partial charge in [0.05, 0.1) is 10.9 Å². The molecule has 0 spiro atoms. The second kappa shape index (κ2) is 7.05. The van der Waals surface area contributed by atoms with Gasteiger partial charge in [-0.3, -0.25) is 9.59 Å². The lowest BCUT2D eigenvalue weighted by Crippen LogP contribution is -2.28. The van der Waals surface area contributed by atoms with Gasteiger partial charge in [-0.2, -0.15) is 0 Å². The van der Waals surface area contributed by atoms with E-state index in [4.69, 9.17) is 0 Å². The van der Waals surface area contributed by atoms with Gasteiger partial charge in [-0.05, 0) is 49.2 Å². The van der Waals surface area contributed by atoms with Gasteiger partial charge in [-0.15, -0.1) is 11.8 Å². The van der Waals surface area contributed by atoms with Crippen molar-refractivity contribution in [3.05, 3.63) is 59.4 Å². The maximum absolute atomic E-state index is 12.8. The number of benzene rings is 2. The number of carbonyl (C=O) groups excluding carboxylic acids is 2. The molecule has 0 saturated heterocycles. The Labute approximate surface area is 143 Å². The monoisotopic (exact) mass is 344 g/mol. The number of rotatable bonds is 4. The minimum atomic E-state index is -0.272. The van der Waals surface area contributed by atoms with E-state index >= 15 is 0 Å². The predicted molar refractivity (Wildman–Crippen MR) is 92.8 cm³/mol. The molecule has 1 aliphatic heterocycles. The molecular formula is C18H17FN2O2S. The summed E-state index contributed by atoms with van der Waals surface area (Å²) in [5, 5.41) is 5.52. The van der Waals surface area contributed by atoms with Crippen LogP contribution in [0.3, 0.4) is 0 Å². The Kier molecular flexibility index (Phi) is 4.85. The fourth-order valence-electron chi connectivity index (χ4n) is 2.42. The number of halogens is 1. The fourth-order valence-corrected chi connectivity index (χ4v) is 3.35. The van der Waals surface area contributed by atoms with Crippen molar-refractivity contribution in [1.29, 1.82) is 0 Å². The molecule has 2 aromatic carbocycles. The summed E-state index contributed by atoms with van der Waals surface area (Å²) in [7, 11) is 0. The number of anilines is 1. The first-order chi connectivity index (χ1) is 11.5. The molecule has 0 aromatic heterocycles. The Morgan fingerprint density at radius 3 is 2.75 bits per heavy atom. The minimum Gasteiger partial charge on any atom is -0.352 e. The van der Waals surface area contributed by atoms with Gasteiger partial charge in [0.1, 0.15) is 5.82 Å². The molecule has 2 amide bonds. The lowest BCUT2D eigenvalue weighted by atomic mass is 10.1. The van der Waals surface area contributed by atoms with E-state index in [1.165, 1.54) is 23.9 Å². The first kappa shape index (κ1) is 16.5. The average molecular weight is 344 g/mol. The highest BCUT2D eigenvalue weighted by atomic mass is 32.2. The van der Waals surface area contributed by atoms with Crippen LogP contribution in [0.15, 0.2) is 47.4 Å². The van der Waals surface area contributed by atoms with E-state index in [2.05, 4.69) is 10.6 Å². The summed E-state index contributed by atoms with van der Waals surface area (Å²) in [6.45, 7) is 2.30. The molecule has 1 atom stereocenters. The van der Waals surface area contributed by atoms with Crippen LogP contribution < -0.4 is 10.6 Å². The van der Waals surface area contributed by atoms with Crippen molar-refractivity contribution >= 4 is 29.3 Å². The van der Waals surface area contributed by atoms with Gasteiger partial charge in [-0.25, -0.2) is 4.39 Å². The van der Waals surface area contributed by atoms with E-state index in [-0.39, 0.29) is 22.9 Å². The molecule has 0 fully saturated rings. The zero-order chi connectivity index (χ0) is 17.1. The van der Waals surface area contributed by atoms with Gasteiger partial charge in [0, 0.05) is 17.0 Å². The lowest BCUT2D eigenvalue weighted by Gasteiger charge is -2.21. The third-order valence-electron chi connectivity index (χ3n) is 3.79. The molecule has 0 aliphatic carbocycles. The summed E-state index contributed by atoms with van der Waals surface area (Å²) in [6, 6.07) is 11.5. The Bertz CT molecular complexity index is 777. The second-order valence-corrected chi connectivity index (χ2v) is 6.98. The number of carbonyl (C=O) groups is 2. The zero-order valence-corrected chi connectivity index (χ0v) is 14.0. The average Bonchev–Trinajstić information content (AvgIpc) is 2.57. The van der Waals surface area contributed by atoms with Crippen molar-refractivity contribution in [2.45, 2.75) is 23.5 Å². The van der Waals surface area contributed by atoms with E-state index in [0.717, 1.165) is 10.5 Å². The second-order valence-electron chi connectivity index (χ2n) is 5.59. The normalized spacial score (nSPS) is 16.2. The number of hydrogen-bond acceptors (Lipinski definition) is 3. The SMILES string of the molecule is CC1Sc2ccc(C(=O)NCCc3ccc(F)cc3)cc2NC1=O. The molecule has 124 valence electrons. The van der Waals surface area contributed by atoms with Gasteiger partial charge in [0.15, 0.2) is 0 Å². The summed E-state index contributed by atoms with van der Waals surface area (Å²) in [4.78, 5) is 24.9. The van der Waals surface area contributed by atoms with Gasteiger partial charge >= 0.3 is 0 Å². The molecule has 2 aromatic rings. The molecule has 0 radical (unpaired) electrons. The van der Waals surface area contributed by atoms with Crippen LogP contribution in [0.2, 0.25) is 0 Å². The van der Waals surface area contributed by atoms with Crippen LogP contribution in [0.4, 0.5) is 10.1 Å². The van der Waals surface area contributed by atoms with Gasteiger partial charge in [0.2, 0.25) is 5.91 Å². The fraction of sp³-hybridized carbons (Fsp3) is 0.222. The Hall–Kier alpha value is -2.34. The smallest absolute Gasteiger partial charge is 0.251 e. The highest BCUT2D eigenvalue weighted by Gasteiger charge is 2.23. The highest BCUT2D eigenvalue weighted by Crippen LogP contribution is 2.35. The third-order valence-corrected chi connectivity index (χ3v) is 4.96. The van der Waals surface area contributed by atoms with E-state index in [0.29, 0.717) is 24.2 Å². The van der Waals surface area contributed by atoms with Crippen LogP contribution >= 0.6 is 11.8 Å². The molecule has 1 heterocycles. The van der Waals surface area contributed by atoms with Crippen molar-refractivity contribution in [2.24, 2.45) is 0 Å². The van der Waals surface area contributed by atoms with Crippen molar-refractivity contribution < 1.29 is 14.0 Å². The first-order valence-corrected chi connectivity index (χ1v) is 8.55. The maximum atomic E-state index is 12.8. The van der Waals surface area contributed by atoms with Gasteiger partial charge < -0.3 is 10.6 Å². The number of fused-ring (bicyclic) bond motifs is 1. The topological polar surface area (TPSA) is 58.2 Å². The number of hydrogen-bond donors (Lipinski definition) is 2. The van der Waals surface area contributed by atoms with Crippen molar-refractivity contribution in [3.8, 4) is 0 Å². The summed E-state index contributed by atoms with van der Waals surface area (Å²) in [5.41, 5.74) is 2.14. The zero-order valence-electron chi connectivity index (χ0n) is 13.1. The molecule has 3 rings (SSSR count). The lowest BCUT2D eigenvalue weighted by molar-refractivity contribution is -0.115. The highest BCUT2D eigenvalue weighted by molar-refractivity contribution is 8.00. The number of thioether (sulfide) groups is 1. The molecular weight excluding hydrogens is 327 g/mol. The third kappa shape index (κ3) is 3.76. The predicted octanol–water partition coefficient (Wildman–Crippen LogP) is 3.23. The summed E-state index contributed by atoms with van der Waals surface area (Å²) in [5.74, 6) is -0.523. The summed E-state index contributed by atoms with van der Waals surface area (Å²) in [6.07, 6.45) is 0.626.